The van der Waals surface area contributed by atoms with Gasteiger partial charge in [0.2, 0.25) is 5.91 Å². The summed E-state index contributed by atoms with van der Waals surface area (Å²) in [5.74, 6) is 0.0212. The quantitative estimate of drug-likeness (QED) is 0.622. The molecule has 2 aliphatic carbocycles. The lowest BCUT2D eigenvalue weighted by Gasteiger charge is -2.28. The van der Waals surface area contributed by atoms with Gasteiger partial charge < -0.3 is 15.7 Å². The van der Waals surface area contributed by atoms with E-state index in [0.29, 0.717) is 12.6 Å². The zero-order valence-electron chi connectivity index (χ0n) is 9.04. The molecule has 0 aliphatic heterocycles. The fraction of sp³-hybridized carbons (Fsp3) is 0.909. The highest BCUT2D eigenvalue weighted by Gasteiger charge is 2.25. The maximum absolute atomic E-state index is 11.5. The summed E-state index contributed by atoms with van der Waals surface area (Å²) in [5, 5.41) is 15.7. The third-order valence-electron chi connectivity index (χ3n) is 3.20. The van der Waals surface area contributed by atoms with Crippen LogP contribution < -0.4 is 10.6 Å². The normalized spacial score (nSPS) is 31.3. The SMILES string of the molecule is O=C(CNC1CC1)NC1CCCCC1O. The molecule has 0 radical (unpaired) electrons. The van der Waals surface area contributed by atoms with E-state index in [4.69, 9.17) is 0 Å². The van der Waals surface area contributed by atoms with Crippen molar-refractivity contribution >= 4 is 5.91 Å². The molecule has 86 valence electrons. The van der Waals surface area contributed by atoms with Gasteiger partial charge in [-0.1, -0.05) is 12.8 Å². The van der Waals surface area contributed by atoms with Crippen molar-refractivity contribution < 1.29 is 9.90 Å². The van der Waals surface area contributed by atoms with Gasteiger partial charge in [-0.2, -0.15) is 0 Å². The van der Waals surface area contributed by atoms with Gasteiger partial charge >= 0.3 is 0 Å². The monoisotopic (exact) mass is 212 g/mol. The Morgan fingerprint density at radius 1 is 1.20 bits per heavy atom. The Morgan fingerprint density at radius 3 is 2.60 bits per heavy atom. The van der Waals surface area contributed by atoms with Crippen LogP contribution in [0.1, 0.15) is 38.5 Å². The molecule has 4 nitrogen and oxygen atoms in total. The second-order valence-electron chi connectivity index (χ2n) is 4.68. The van der Waals surface area contributed by atoms with E-state index in [9.17, 15) is 9.90 Å². The summed E-state index contributed by atoms with van der Waals surface area (Å²) in [7, 11) is 0. The van der Waals surface area contributed by atoms with E-state index >= 15 is 0 Å². The Bertz CT molecular complexity index is 229. The van der Waals surface area contributed by atoms with Gasteiger partial charge in [0, 0.05) is 6.04 Å². The number of aliphatic hydroxyl groups is 1. The van der Waals surface area contributed by atoms with Crippen LogP contribution in [0.15, 0.2) is 0 Å². The van der Waals surface area contributed by atoms with Crippen LogP contribution >= 0.6 is 0 Å². The first-order chi connectivity index (χ1) is 7.25. The van der Waals surface area contributed by atoms with E-state index in [0.717, 1.165) is 25.7 Å². The lowest BCUT2D eigenvalue weighted by molar-refractivity contribution is -0.122. The average Bonchev–Trinajstić information content (AvgIpc) is 3.02. The van der Waals surface area contributed by atoms with Crippen LogP contribution in [0.4, 0.5) is 0 Å². The van der Waals surface area contributed by atoms with Crippen molar-refractivity contribution in [3.8, 4) is 0 Å². The minimum atomic E-state index is -0.344. The van der Waals surface area contributed by atoms with Crippen molar-refractivity contribution in [3.05, 3.63) is 0 Å². The minimum Gasteiger partial charge on any atom is -0.391 e. The highest BCUT2D eigenvalue weighted by Crippen LogP contribution is 2.19. The zero-order chi connectivity index (χ0) is 10.7. The van der Waals surface area contributed by atoms with Gasteiger partial charge in [-0.15, -0.1) is 0 Å². The highest BCUT2D eigenvalue weighted by molar-refractivity contribution is 5.78. The molecule has 4 heteroatoms. The second-order valence-corrected chi connectivity index (χ2v) is 4.68. The minimum absolute atomic E-state index is 0.0211. The van der Waals surface area contributed by atoms with E-state index in [2.05, 4.69) is 10.6 Å². The first-order valence-electron chi connectivity index (χ1n) is 5.96. The molecule has 3 N–H and O–H groups in total. The first-order valence-corrected chi connectivity index (χ1v) is 5.96. The van der Waals surface area contributed by atoms with Crippen molar-refractivity contribution in [2.75, 3.05) is 6.54 Å². The number of hydrogen-bond acceptors (Lipinski definition) is 3. The van der Waals surface area contributed by atoms with Crippen LogP contribution in [-0.4, -0.2) is 35.7 Å². The maximum Gasteiger partial charge on any atom is 0.234 e. The molecule has 0 spiro atoms. The maximum atomic E-state index is 11.5. The Kier molecular flexibility index (Phi) is 3.59. The highest BCUT2D eigenvalue weighted by atomic mass is 16.3. The van der Waals surface area contributed by atoms with Crippen molar-refractivity contribution in [2.24, 2.45) is 0 Å². The van der Waals surface area contributed by atoms with Crippen LogP contribution in [0, 0.1) is 0 Å². The molecule has 0 aromatic heterocycles. The number of carbonyl (C=O) groups excluding carboxylic acids is 1. The van der Waals surface area contributed by atoms with Crippen molar-refractivity contribution in [1.29, 1.82) is 0 Å². The molecule has 2 aliphatic rings. The summed E-state index contributed by atoms with van der Waals surface area (Å²) in [6, 6.07) is 0.541. The number of amides is 1. The van der Waals surface area contributed by atoms with Gasteiger partial charge in [-0.25, -0.2) is 0 Å². The molecule has 2 rings (SSSR count). The summed E-state index contributed by atoms with van der Waals surface area (Å²) < 4.78 is 0. The van der Waals surface area contributed by atoms with Gasteiger partial charge in [0.1, 0.15) is 0 Å². The average molecular weight is 212 g/mol. The van der Waals surface area contributed by atoms with E-state index < -0.39 is 0 Å². The Hall–Kier alpha value is -0.610. The van der Waals surface area contributed by atoms with Crippen molar-refractivity contribution in [3.63, 3.8) is 0 Å². The number of aliphatic hydroxyl groups excluding tert-OH is 1. The molecular weight excluding hydrogens is 192 g/mol. The topological polar surface area (TPSA) is 61.4 Å². The smallest absolute Gasteiger partial charge is 0.234 e. The Morgan fingerprint density at radius 2 is 1.93 bits per heavy atom. The fourth-order valence-corrected chi connectivity index (χ4v) is 2.06. The third-order valence-corrected chi connectivity index (χ3v) is 3.20. The standard InChI is InChI=1S/C11H20N2O2/c14-10-4-2-1-3-9(10)13-11(15)7-12-8-5-6-8/h8-10,12,14H,1-7H2,(H,13,15). The fourth-order valence-electron chi connectivity index (χ4n) is 2.06. The van der Waals surface area contributed by atoms with E-state index in [1.54, 1.807) is 0 Å². The van der Waals surface area contributed by atoms with Crippen LogP contribution in [0.2, 0.25) is 0 Å². The van der Waals surface area contributed by atoms with Gasteiger partial charge in [-0.05, 0) is 25.7 Å². The Balaban J connectivity index is 1.66. The molecule has 0 bridgehead atoms. The predicted octanol–water partition coefficient (Wildman–Crippen LogP) is 0.158. The summed E-state index contributed by atoms with van der Waals surface area (Å²) in [5.41, 5.74) is 0. The lowest BCUT2D eigenvalue weighted by atomic mass is 9.92. The number of hydrogen-bond donors (Lipinski definition) is 3. The van der Waals surface area contributed by atoms with Gasteiger partial charge in [0.25, 0.3) is 0 Å². The molecule has 2 saturated carbocycles. The summed E-state index contributed by atoms with van der Waals surface area (Å²) in [4.78, 5) is 11.5. The van der Waals surface area contributed by atoms with Gasteiger partial charge in [0.15, 0.2) is 0 Å². The Labute approximate surface area is 90.4 Å². The molecule has 15 heavy (non-hydrogen) atoms. The van der Waals surface area contributed by atoms with Crippen LogP contribution in [0.3, 0.4) is 0 Å². The third kappa shape index (κ3) is 3.47. The second kappa shape index (κ2) is 4.94. The molecule has 0 aromatic carbocycles. The number of carbonyl (C=O) groups is 1. The molecule has 0 saturated heterocycles. The summed E-state index contributed by atoms with van der Waals surface area (Å²) in [6.07, 6.45) is 5.96. The van der Waals surface area contributed by atoms with Gasteiger partial charge in [0.05, 0.1) is 18.7 Å². The molecule has 1 amide bonds. The molecule has 0 aromatic rings. The summed E-state index contributed by atoms with van der Waals surface area (Å²) in [6.45, 7) is 0.397. The zero-order valence-corrected chi connectivity index (χ0v) is 9.04. The first kappa shape index (κ1) is 10.9. The van der Waals surface area contributed by atoms with Gasteiger partial charge in [-0.3, -0.25) is 4.79 Å². The van der Waals surface area contributed by atoms with Crippen molar-refractivity contribution in [2.45, 2.75) is 56.7 Å². The molecule has 2 atom stereocenters. The van der Waals surface area contributed by atoms with E-state index in [1.807, 2.05) is 0 Å². The van der Waals surface area contributed by atoms with Crippen LogP contribution in [0.25, 0.3) is 0 Å². The van der Waals surface area contributed by atoms with Crippen LogP contribution in [-0.2, 0) is 4.79 Å². The lowest BCUT2D eigenvalue weighted by Crippen LogP contribution is -2.47. The number of nitrogens with one attached hydrogen (secondary N) is 2. The predicted molar refractivity (Wildman–Crippen MR) is 57.4 cm³/mol. The molecule has 2 fully saturated rings. The van der Waals surface area contributed by atoms with Crippen molar-refractivity contribution in [1.82, 2.24) is 10.6 Å². The number of rotatable bonds is 4. The van der Waals surface area contributed by atoms with E-state index in [-0.39, 0.29) is 18.1 Å². The largest absolute Gasteiger partial charge is 0.391 e. The molecular formula is C11H20N2O2. The summed E-state index contributed by atoms with van der Waals surface area (Å²) >= 11 is 0. The molecule has 0 heterocycles. The van der Waals surface area contributed by atoms with Crippen LogP contribution in [0.5, 0.6) is 0 Å². The molecule has 2 unspecified atom stereocenters. The van der Waals surface area contributed by atoms with E-state index in [1.165, 1.54) is 12.8 Å².